The van der Waals surface area contributed by atoms with Crippen molar-refractivity contribution < 1.29 is 23.7 Å². The molecular formula is C48H96N2O5. The molecule has 2 heterocycles. The lowest BCUT2D eigenvalue weighted by atomic mass is 10.00. The van der Waals surface area contributed by atoms with E-state index in [9.17, 15) is 4.79 Å². The molecule has 0 aromatic rings. The second-order valence-corrected chi connectivity index (χ2v) is 18.2. The number of hydrogen-bond donors (Lipinski definition) is 2. The Labute approximate surface area is 342 Å². The fourth-order valence-electron chi connectivity index (χ4n) is 7.99. The number of amides is 1. The van der Waals surface area contributed by atoms with Crippen LogP contribution in [0.25, 0.3) is 0 Å². The van der Waals surface area contributed by atoms with Crippen LogP contribution in [0.15, 0.2) is 0 Å². The molecule has 1 amide bonds. The van der Waals surface area contributed by atoms with Crippen molar-refractivity contribution in [3.8, 4) is 0 Å². The van der Waals surface area contributed by atoms with Gasteiger partial charge in [0, 0.05) is 18.5 Å². The van der Waals surface area contributed by atoms with E-state index >= 15 is 0 Å². The maximum atomic E-state index is 12.7. The minimum absolute atomic E-state index is 0.157. The maximum absolute atomic E-state index is 12.7. The van der Waals surface area contributed by atoms with Gasteiger partial charge >= 0.3 is 0 Å². The summed E-state index contributed by atoms with van der Waals surface area (Å²) in [5.41, 5.74) is 6.19. The molecule has 3 N–H and O–H groups in total. The topological polar surface area (TPSA) is 92.0 Å². The Hall–Kier alpha value is -0.730. The van der Waals surface area contributed by atoms with Crippen LogP contribution in [0.3, 0.4) is 0 Å². The molecule has 7 nitrogen and oxygen atoms in total. The van der Waals surface area contributed by atoms with Crippen LogP contribution in [0.2, 0.25) is 0 Å². The first-order valence-corrected chi connectivity index (χ1v) is 24.2. The summed E-state index contributed by atoms with van der Waals surface area (Å²) in [6.45, 7) is 16.1. The zero-order valence-corrected chi connectivity index (χ0v) is 38.0. The lowest BCUT2D eigenvalue weighted by Gasteiger charge is -2.21. The zero-order chi connectivity index (χ0) is 40.5. The van der Waals surface area contributed by atoms with E-state index in [1.165, 1.54) is 154 Å². The lowest BCUT2D eigenvalue weighted by molar-refractivity contribution is -0.139. The van der Waals surface area contributed by atoms with Crippen molar-refractivity contribution in [1.29, 1.82) is 0 Å². The zero-order valence-electron chi connectivity index (χ0n) is 38.0. The average Bonchev–Trinajstić information content (AvgIpc) is 3.70. The monoisotopic (exact) mass is 781 g/mol. The van der Waals surface area contributed by atoms with Gasteiger partial charge in [-0.25, -0.2) is 0 Å². The van der Waals surface area contributed by atoms with Gasteiger partial charge in [-0.3, -0.25) is 4.79 Å². The largest absolute Gasteiger partial charge is 0.353 e. The van der Waals surface area contributed by atoms with Crippen molar-refractivity contribution >= 4 is 5.91 Å². The van der Waals surface area contributed by atoms with Gasteiger partial charge in [0.25, 0.3) is 0 Å². The summed E-state index contributed by atoms with van der Waals surface area (Å²) in [5, 5.41) is 3.37. The van der Waals surface area contributed by atoms with Gasteiger partial charge in [0.05, 0.1) is 25.4 Å². The molecule has 2 saturated heterocycles. The van der Waals surface area contributed by atoms with E-state index in [0.717, 1.165) is 51.6 Å². The summed E-state index contributed by atoms with van der Waals surface area (Å²) in [4.78, 5) is 12.7. The van der Waals surface area contributed by atoms with Crippen molar-refractivity contribution in [1.82, 2.24) is 5.32 Å². The summed E-state index contributed by atoms with van der Waals surface area (Å²) in [5.74, 6) is -0.609. The number of unbranched alkanes of at least 4 members (excludes halogenated alkanes) is 22. The van der Waals surface area contributed by atoms with E-state index in [4.69, 9.17) is 24.7 Å². The number of rotatable bonds is 35. The number of nitrogens with two attached hydrogens (primary N) is 1. The van der Waals surface area contributed by atoms with Crippen molar-refractivity contribution in [2.75, 3.05) is 13.2 Å². The molecular weight excluding hydrogens is 685 g/mol. The molecule has 0 aromatic heterocycles. The van der Waals surface area contributed by atoms with E-state index in [0.29, 0.717) is 19.1 Å². The van der Waals surface area contributed by atoms with E-state index in [-0.39, 0.29) is 24.2 Å². The molecule has 55 heavy (non-hydrogen) atoms. The van der Waals surface area contributed by atoms with E-state index < -0.39 is 11.6 Å². The third kappa shape index (κ3) is 31.9. The highest BCUT2D eigenvalue weighted by molar-refractivity contribution is 5.76. The predicted molar refractivity (Wildman–Crippen MR) is 234 cm³/mol. The fourth-order valence-corrected chi connectivity index (χ4v) is 7.99. The molecule has 328 valence electrons. The van der Waals surface area contributed by atoms with Crippen LogP contribution in [-0.4, -0.2) is 55.0 Å². The van der Waals surface area contributed by atoms with Gasteiger partial charge < -0.3 is 30.0 Å². The molecule has 0 aliphatic carbocycles. The van der Waals surface area contributed by atoms with Gasteiger partial charge in [0.15, 0.2) is 11.6 Å². The molecule has 2 aliphatic heterocycles. The maximum Gasteiger partial charge on any atom is 0.220 e. The van der Waals surface area contributed by atoms with Gasteiger partial charge in [-0.15, -0.1) is 0 Å². The molecule has 2 rings (SSSR count). The fraction of sp³-hybridized carbons (Fsp3) is 0.979. The molecule has 0 aromatic carbocycles. The van der Waals surface area contributed by atoms with Gasteiger partial charge in [-0.1, -0.05) is 175 Å². The SMILES string of the molecule is CCCCCCCCCC(N)CC[C@H]1COC(C)(C)O1.CCCCCCCCCCCCCC(=O)NC(CCCCCCCCC)CC[C@H]1COC(C)(C)O1. The van der Waals surface area contributed by atoms with Crippen LogP contribution < -0.4 is 11.1 Å². The Morgan fingerprint density at radius 1 is 0.527 bits per heavy atom. The Morgan fingerprint density at radius 2 is 0.891 bits per heavy atom. The number of hydrogen-bond acceptors (Lipinski definition) is 6. The molecule has 0 saturated carbocycles. The normalized spacial score (nSPS) is 19.9. The Kier molecular flexibility index (Phi) is 32.5. The van der Waals surface area contributed by atoms with Crippen LogP contribution in [0, 0.1) is 0 Å². The molecule has 2 aliphatic rings. The molecule has 2 unspecified atom stereocenters. The number of carbonyl (C=O) groups excluding carboxylic acids is 1. The first-order valence-electron chi connectivity index (χ1n) is 24.2. The van der Waals surface area contributed by atoms with Crippen LogP contribution in [0.4, 0.5) is 0 Å². The average molecular weight is 781 g/mol. The summed E-state index contributed by atoms with van der Waals surface area (Å²) in [6.07, 6.45) is 40.6. The smallest absolute Gasteiger partial charge is 0.220 e. The number of carbonyl (C=O) groups is 1. The summed E-state index contributed by atoms with van der Waals surface area (Å²) < 4.78 is 23.1. The minimum Gasteiger partial charge on any atom is -0.353 e. The van der Waals surface area contributed by atoms with E-state index in [1.54, 1.807) is 0 Å². The quantitative estimate of drug-likeness (QED) is 0.0622. The van der Waals surface area contributed by atoms with Crippen molar-refractivity contribution in [2.24, 2.45) is 5.73 Å². The first kappa shape index (κ1) is 52.3. The van der Waals surface area contributed by atoms with Crippen LogP contribution in [0.5, 0.6) is 0 Å². The third-order valence-corrected chi connectivity index (χ3v) is 11.5. The van der Waals surface area contributed by atoms with Crippen molar-refractivity contribution in [3.05, 3.63) is 0 Å². The molecule has 4 atom stereocenters. The van der Waals surface area contributed by atoms with Crippen molar-refractivity contribution in [2.45, 2.75) is 290 Å². The highest BCUT2D eigenvalue weighted by Gasteiger charge is 2.33. The number of nitrogens with one attached hydrogen (secondary N) is 1. The Balaban J connectivity index is 0.000000638. The molecule has 0 spiro atoms. The molecule has 2 fully saturated rings. The van der Waals surface area contributed by atoms with E-state index in [2.05, 4.69) is 26.1 Å². The number of ether oxygens (including phenoxy) is 4. The third-order valence-electron chi connectivity index (χ3n) is 11.5. The summed E-state index contributed by atoms with van der Waals surface area (Å²) in [7, 11) is 0. The van der Waals surface area contributed by atoms with E-state index in [1.807, 2.05) is 27.7 Å². The standard InChI is InChI=1S/C31H61NO3.C17H35NO2/c1-5-7-9-11-13-14-15-16-18-20-22-24-30(33)32-28(23-21-19-17-12-10-8-6-2)25-26-29-27-34-31(3,4)35-29;1-4-5-6-7-8-9-10-11-15(18)12-13-16-14-19-17(2,3)20-16/h28-29H,5-27H2,1-4H3,(H,32,33);15-16H,4-14,18H2,1-3H3/t28?,29-;15?,16-/m00/s1. The van der Waals surface area contributed by atoms with Gasteiger partial charge in [0.1, 0.15) is 0 Å². The predicted octanol–water partition coefficient (Wildman–Crippen LogP) is 13.6. The summed E-state index contributed by atoms with van der Waals surface area (Å²) >= 11 is 0. The van der Waals surface area contributed by atoms with Gasteiger partial charge in [-0.05, 0) is 72.6 Å². The first-order chi connectivity index (χ1) is 26.5. The summed E-state index contributed by atoms with van der Waals surface area (Å²) in [6, 6.07) is 0.608. The van der Waals surface area contributed by atoms with Gasteiger partial charge in [-0.2, -0.15) is 0 Å². The van der Waals surface area contributed by atoms with Gasteiger partial charge in [0.2, 0.25) is 5.91 Å². The second-order valence-electron chi connectivity index (χ2n) is 18.2. The minimum atomic E-state index is -0.461. The highest BCUT2D eigenvalue weighted by Crippen LogP contribution is 2.27. The molecule has 7 heteroatoms. The van der Waals surface area contributed by atoms with Crippen molar-refractivity contribution in [3.63, 3.8) is 0 Å². The second kappa shape index (κ2) is 34.2. The molecule has 0 bridgehead atoms. The highest BCUT2D eigenvalue weighted by atomic mass is 16.7. The lowest BCUT2D eigenvalue weighted by Crippen LogP contribution is -2.35. The van der Waals surface area contributed by atoms with Crippen LogP contribution >= 0.6 is 0 Å². The Bertz CT molecular complexity index is 867. The van der Waals surface area contributed by atoms with Crippen LogP contribution in [-0.2, 0) is 23.7 Å². The van der Waals surface area contributed by atoms with Crippen LogP contribution in [0.1, 0.15) is 254 Å². The Morgan fingerprint density at radius 3 is 1.29 bits per heavy atom. The molecule has 0 radical (unpaired) electrons.